The molecule has 0 saturated carbocycles. The second kappa shape index (κ2) is 12.8. The van der Waals surface area contributed by atoms with Gasteiger partial charge in [0.25, 0.3) is 0 Å². The fourth-order valence-corrected chi connectivity index (χ4v) is 5.13. The van der Waals surface area contributed by atoms with Crippen LogP contribution in [0.3, 0.4) is 0 Å². The lowest BCUT2D eigenvalue weighted by molar-refractivity contribution is -0.141. The molecule has 37 heavy (non-hydrogen) atoms. The second-order valence-corrected chi connectivity index (χ2v) is 12.6. The Kier molecular flexibility index (Phi) is 10.7. The van der Waals surface area contributed by atoms with Crippen molar-refractivity contribution in [2.45, 2.75) is 58.7 Å². The van der Waals surface area contributed by atoms with Crippen LogP contribution in [0.5, 0.6) is 5.75 Å². The van der Waals surface area contributed by atoms with Gasteiger partial charge in [0.2, 0.25) is 21.8 Å². The Morgan fingerprint density at radius 3 is 2.32 bits per heavy atom. The molecule has 0 aliphatic heterocycles. The molecule has 204 valence electrons. The molecule has 0 aromatic heterocycles. The highest BCUT2D eigenvalue weighted by molar-refractivity contribution is 7.92. The summed E-state index contributed by atoms with van der Waals surface area (Å²) in [7, 11) is -2.17. The van der Waals surface area contributed by atoms with Gasteiger partial charge in [0, 0.05) is 30.1 Å². The van der Waals surface area contributed by atoms with Crippen LogP contribution in [0.1, 0.15) is 46.1 Å². The first-order chi connectivity index (χ1) is 17.1. The summed E-state index contributed by atoms with van der Waals surface area (Å²) in [5.74, 6) is -0.139. The van der Waals surface area contributed by atoms with E-state index in [4.69, 9.17) is 27.9 Å². The first kappa shape index (κ1) is 30.7. The van der Waals surface area contributed by atoms with E-state index in [9.17, 15) is 18.0 Å². The van der Waals surface area contributed by atoms with Gasteiger partial charge in [-0.15, -0.1) is 0 Å². The maximum Gasteiger partial charge on any atom is 0.242 e. The van der Waals surface area contributed by atoms with Gasteiger partial charge in [-0.1, -0.05) is 35.3 Å². The zero-order chi connectivity index (χ0) is 28.0. The first-order valence-corrected chi connectivity index (χ1v) is 14.4. The molecule has 0 aliphatic rings. The third kappa shape index (κ3) is 9.39. The van der Waals surface area contributed by atoms with Crippen LogP contribution in [0, 0.1) is 0 Å². The number of nitrogens with one attached hydrogen (secondary N) is 1. The van der Waals surface area contributed by atoms with Gasteiger partial charge in [-0.25, -0.2) is 8.42 Å². The lowest BCUT2D eigenvalue weighted by Gasteiger charge is -2.32. The third-order valence-electron chi connectivity index (χ3n) is 5.48. The number of methoxy groups -OCH3 is 1. The van der Waals surface area contributed by atoms with Gasteiger partial charge in [-0.05, 0) is 70.0 Å². The summed E-state index contributed by atoms with van der Waals surface area (Å²) in [6, 6.07) is 11.0. The molecular formula is C26H35Cl2N3O5S. The van der Waals surface area contributed by atoms with Gasteiger partial charge < -0.3 is 15.0 Å². The smallest absolute Gasteiger partial charge is 0.242 e. The monoisotopic (exact) mass is 571 g/mol. The minimum absolute atomic E-state index is 0.0314. The number of sulfonamides is 1. The van der Waals surface area contributed by atoms with Crippen LogP contribution in [-0.2, 0) is 26.2 Å². The van der Waals surface area contributed by atoms with Crippen molar-refractivity contribution < 1.29 is 22.7 Å². The number of benzene rings is 2. The van der Waals surface area contributed by atoms with E-state index < -0.39 is 21.6 Å². The normalized spacial score (nSPS) is 12.5. The molecule has 2 amide bonds. The molecule has 2 aromatic rings. The lowest BCUT2D eigenvalue weighted by atomic mass is 10.1. The second-order valence-electron chi connectivity index (χ2n) is 9.82. The Balaban J connectivity index is 2.21. The Morgan fingerprint density at radius 1 is 1.11 bits per heavy atom. The third-order valence-corrected chi connectivity index (χ3v) is 7.21. The van der Waals surface area contributed by atoms with Crippen molar-refractivity contribution >= 4 is 50.7 Å². The van der Waals surface area contributed by atoms with Crippen molar-refractivity contribution in [1.29, 1.82) is 0 Å². The van der Waals surface area contributed by atoms with Crippen LogP contribution in [-0.4, -0.2) is 56.6 Å². The van der Waals surface area contributed by atoms with Crippen LogP contribution in [0.4, 0.5) is 5.69 Å². The van der Waals surface area contributed by atoms with Gasteiger partial charge in [0.15, 0.2) is 0 Å². The van der Waals surface area contributed by atoms with Crippen LogP contribution in [0.15, 0.2) is 42.5 Å². The molecule has 1 atom stereocenters. The fourth-order valence-electron chi connectivity index (χ4n) is 3.70. The van der Waals surface area contributed by atoms with E-state index in [0.717, 1.165) is 11.8 Å². The van der Waals surface area contributed by atoms with Gasteiger partial charge in [0.05, 0.1) is 24.1 Å². The van der Waals surface area contributed by atoms with E-state index in [1.807, 2.05) is 26.8 Å². The predicted molar refractivity (Wildman–Crippen MR) is 149 cm³/mol. The Bertz CT molecular complexity index is 1210. The molecule has 2 rings (SSSR count). The lowest BCUT2D eigenvalue weighted by Crippen LogP contribution is -2.52. The van der Waals surface area contributed by atoms with Crippen LogP contribution < -0.4 is 14.4 Å². The van der Waals surface area contributed by atoms with Gasteiger partial charge in [0.1, 0.15) is 11.8 Å². The number of hydrogen-bond acceptors (Lipinski definition) is 5. The highest BCUT2D eigenvalue weighted by atomic mass is 35.5. The van der Waals surface area contributed by atoms with E-state index in [2.05, 4.69) is 5.32 Å². The molecule has 0 bridgehead atoms. The predicted octanol–water partition coefficient (Wildman–Crippen LogP) is 4.88. The summed E-state index contributed by atoms with van der Waals surface area (Å²) < 4.78 is 31.3. The van der Waals surface area contributed by atoms with E-state index in [1.165, 1.54) is 22.4 Å². The Labute approximate surface area is 229 Å². The average Bonchev–Trinajstić information content (AvgIpc) is 2.77. The highest BCUT2D eigenvalue weighted by Crippen LogP contribution is 2.30. The Hall–Kier alpha value is -2.49. The molecule has 0 spiro atoms. The molecule has 11 heteroatoms. The number of anilines is 1. The molecule has 0 fully saturated rings. The first-order valence-electron chi connectivity index (χ1n) is 11.8. The summed E-state index contributed by atoms with van der Waals surface area (Å²) in [5.41, 5.74) is 0.683. The van der Waals surface area contributed by atoms with Crippen LogP contribution >= 0.6 is 23.2 Å². The molecule has 2 aromatic carbocycles. The number of ether oxygens (including phenoxy) is 1. The summed E-state index contributed by atoms with van der Waals surface area (Å²) in [5, 5.41) is 3.71. The number of hydrogen-bond donors (Lipinski definition) is 1. The molecule has 0 aliphatic carbocycles. The van der Waals surface area contributed by atoms with Gasteiger partial charge in [-0.3, -0.25) is 13.9 Å². The van der Waals surface area contributed by atoms with Crippen molar-refractivity contribution in [2.24, 2.45) is 0 Å². The van der Waals surface area contributed by atoms with E-state index >= 15 is 0 Å². The minimum Gasteiger partial charge on any atom is -0.495 e. The summed E-state index contributed by atoms with van der Waals surface area (Å²) in [4.78, 5) is 27.7. The summed E-state index contributed by atoms with van der Waals surface area (Å²) in [6.07, 6.45) is 1.36. The van der Waals surface area contributed by atoms with Crippen molar-refractivity contribution in [3.8, 4) is 5.75 Å². The van der Waals surface area contributed by atoms with Crippen molar-refractivity contribution in [3.05, 3.63) is 58.1 Å². The summed E-state index contributed by atoms with van der Waals surface area (Å²) in [6.45, 7) is 7.51. The molecule has 0 saturated heterocycles. The zero-order valence-corrected chi connectivity index (χ0v) is 24.4. The maximum absolute atomic E-state index is 13.4. The largest absolute Gasteiger partial charge is 0.495 e. The van der Waals surface area contributed by atoms with E-state index in [-0.39, 0.29) is 42.8 Å². The van der Waals surface area contributed by atoms with Crippen molar-refractivity contribution in [2.75, 3.05) is 24.2 Å². The number of rotatable bonds is 11. The van der Waals surface area contributed by atoms with Crippen molar-refractivity contribution in [1.82, 2.24) is 10.2 Å². The van der Waals surface area contributed by atoms with Crippen molar-refractivity contribution in [3.63, 3.8) is 0 Å². The SMILES string of the molecule is COc1ccc(N(CCCC(=O)N(Cc2cccc(Cl)c2)[C@H](C)C(=O)NC(C)(C)C)S(C)(=O)=O)cc1Cl. The molecule has 0 radical (unpaired) electrons. The Morgan fingerprint density at radius 2 is 1.78 bits per heavy atom. The number of halogens is 2. The molecule has 0 heterocycles. The molecule has 8 nitrogen and oxygen atoms in total. The topological polar surface area (TPSA) is 96.0 Å². The number of nitrogens with zero attached hydrogens (tertiary/aromatic N) is 2. The summed E-state index contributed by atoms with van der Waals surface area (Å²) >= 11 is 12.3. The number of carbonyl (C=O) groups is 2. The average molecular weight is 573 g/mol. The van der Waals surface area contributed by atoms with Crippen LogP contribution in [0.2, 0.25) is 10.0 Å². The van der Waals surface area contributed by atoms with E-state index in [0.29, 0.717) is 16.5 Å². The van der Waals surface area contributed by atoms with Gasteiger partial charge >= 0.3 is 0 Å². The number of amides is 2. The molecular weight excluding hydrogens is 537 g/mol. The highest BCUT2D eigenvalue weighted by Gasteiger charge is 2.28. The number of carbonyl (C=O) groups excluding carboxylic acids is 2. The molecule has 0 unspecified atom stereocenters. The standard InChI is InChI=1S/C26H35Cl2N3O5S/c1-18(25(33)29-26(2,3)4)30(17-19-9-7-10-20(27)15-19)24(32)11-8-14-31(37(6,34)35)21-12-13-23(36-5)22(28)16-21/h7,9-10,12-13,15-16,18H,8,11,14,17H2,1-6H3,(H,29,33)/t18-/m1/s1. The maximum atomic E-state index is 13.4. The van der Waals surface area contributed by atoms with Crippen LogP contribution in [0.25, 0.3) is 0 Å². The van der Waals surface area contributed by atoms with E-state index in [1.54, 1.807) is 37.3 Å². The quantitative estimate of drug-likeness (QED) is 0.414. The zero-order valence-electron chi connectivity index (χ0n) is 22.0. The minimum atomic E-state index is -3.65. The fraction of sp³-hybridized carbons (Fsp3) is 0.462. The molecule has 1 N–H and O–H groups in total. The van der Waals surface area contributed by atoms with Gasteiger partial charge in [-0.2, -0.15) is 0 Å².